The summed E-state index contributed by atoms with van der Waals surface area (Å²) >= 11 is 0. The van der Waals surface area contributed by atoms with E-state index in [0.29, 0.717) is 12.0 Å². The first kappa shape index (κ1) is 13.3. The van der Waals surface area contributed by atoms with Crippen LogP contribution >= 0.6 is 0 Å². The van der Waals surface area contributed by atoms with Gasteiger partial charge in [0.25, 0.3) is 0 Å². The molecular formula is C14H25NO. The van der Waals surface area contributed by atoms with Gasteiger partial charge in [0, 0.05) is 11.6 Å². The summed E-state index contributed by atoms with van der Waals surface area (Å²) < 4.78 is 0. The van der Waals surface area contributed by atoms with Crippen LogP contribution in [0.4, 0.5) is 0 Å². The van der Waals surface area contributed by atoms with Crippen molar-refractivity contribution in [3.8, 4) is 0 Å². The fourth-order valence-electron chi connectivity index (χ4n) is 2.57. The Hall–Kier alpha value is -0.790. The first-order valence-corrected chi connectivity index (χ1v) is 6.66. The van der Waals surface area contributed by atoms with Crippen molar-refractivity contribution >= 4 is 5.91 Å². The summed E-state index contributed by atoms with van der Waals surface area (Å²) in [5.41, 5.74) is 0.864. The third-order valence-electron chi connectivity index (χ3n) is 3.62. The van der Waals surface area contributed by atoms with Crippen LogP contribution < -0.4 is 5.32 Å². The molecule has 0 spiro atoms. The number of carbonyl (C=O) groups is 1. The normalized spacial score (nSPS) is 26.6. The number of amides is 1. The first-order chi connectivity index (χ1) is 7.69. The Kier molecular flexibility index (Phi) is 5.58. The number of allylic oxidation sites excluding steroid dienone is 1. The Morgan fingerprint density at radius 2 is 2.00 bits per heavy atom. The Balaban J connectivity index is 2.51. The van der Waals surface area contributed by atoms with E-state index in [0.717, 1.165) is 18.4 Å². The highest BCUT2D eigenvalue weighted by atomic mass is 16.1. The second-order valence-corrected chi connectivity index (χ2v) is 4.83. The second kappa shape index (κ2) is 6.72. The van der Waals surface area contributed by atoms with Crippen LogP contribution in [0.15, 0.2) is 11.6 Å². The molecule has 1 N–H and O–H groups in total. The van der Waals surface area contributed by atoms with E-state index >= 15 is 0 Å². The summed E-state index contributed by atoms with van der Waals surface area (Å²) in [6.45, 7) is 6.19. The quantitative estimate of drug-likeness (QED) is 0.727. The molecule has 0 aromatic heterocycles. The molecule has 1 aliphatic carbocycles. The molecule has 0 heterocycles. The standard InChI is InChI=1S/C14H25NO/c1-4-8-11(3)14(16)15-13-10-7-6-9-12(13)5-2/h8,12-13H,4-7,9-10H2,1-3H3,(H,15,16)/b11-8-. The topological polar surface area (TPSA) is 29.1 Å². The molecule has 0 aromatic rings. The van der Waals surface area contributed by atoms with Crippen molar-refractivity contribution < 1.29 is 4.79 Å². The average molecular weight is 223 g/mol. The molecule has 0 bridgehead atoms. The minimum Gasteiger partial charge on any atom is -0.349 e. The first-order valence-electron chi connectivity index (χ1n) is 6.66. The third kappa shape index (κ3) is 3.66. The molecule has 2 atom stereocenters. The molecule has 1 rings (SSSR count). The Morgan fingerprint density at radius 1 is 1.31 bits per heavy atom. The van der Waals surface area contributed by atoms with Crippen molar-refractivity contribution in [2.45, 2.75) is 65.3 Å². The Morgan fingerprint density at radius 3 is 2.62 bits per heavy atom. The highest BCUT2D eigenvalue weighted by molar-refractivity contribution is 5.92. The largest absolute Gasteiger partial charge is 0.349 e. The van der Waals surface area contributed by atoms with Crippen LogP contribution in [0.5, 0.6) is 0 Å². The number of hydrogen-bond donors (Lipinski definition) is 1. The molecule has 2 unspecified atom stereocenters. The van der Waals surface area contributed by atoms with Gasteiger partial charge in [0.2, 0.25) is 5.91 Å². The number of carbonyl (C=O) groups excluding carboxylic acids is 1. The molecule has 1 aliphatic rings. The maximum Gasteiger partial charge on any atom is 0.246 e. The third-order valence-corrected chi connectivity index (χ3v) is 3.62. The highest BCUT2D eigenvalue weighted by Gasteiger charge is 2.24. The minimum absolute atomic E-state index is 0.132. The molecule has 1 amide bonds. The van der Waals surface area contributed by atoms with E-state index in [1.807, 2.05) is 13.0 Å². The van der Waals surface area contributed by atoms with Crippen LogP contribution in [-0.2, 0) is 4.79 Å². The predicted molar refractivity (Wildman–Crippen MR) is 68.2 cm³/mol. The van der Waals surface area contributed by atoms with Gasteiger partial charge in [-0.25, -0.2) is 0 Å². The monoisotopic (exact) mass is 223 g/mol. The summed E-state index contributed by atoms with van der Waals surface area (Å²) in [5.74, 6) is 0.819. The van der Waals surface area contributed by atoms with E-state index in [9.17, 15) is 4.79 Å². The maximum atomic E-state index is 11.9. The van der Waals surface area contributed by atoms with E-state index in [1.165, 1.54) is 25.7 Å². The van der Waals surface area contributed by atoms with Crippen LogP contribution in [0.3, 0.4) is 0 Å². The van der Waals surface area contributed by atoms with E-state index in [-0.39, 0.29) is 5.91 Å². The average Bonchev–Trinajstić information content (AvgIpc) is 2.30. The zero-order valence-electron chi connectivity index (χ0n) is 10.9. The highest BCUT2D eigenvalue weighted by Crippen LogP contribution is 2.26. The van der Waals surface area contributed by atoms with Gasteiger partial charge in [-0.1, -0.05) is 39.2 Å². The van der Waals surface area contributed by atoms with Crippen molar-refractivity contribution in [1.82, 2.24) is 5.32 Å². The molecule has 92 valence electrons. The molecule has 2 heteroatoms. The van der Waals surface area contributed by atoms with Gasteiger partial charge in [-0.3, -0.25) is 4.79 Å². The summed E-state index contributed by atoms with van der Waals surface area (Å²) in [7, 11) is 0. The maximum absolute atomic E-state index is 11.9. The smallest absolute Gasteiger partial charge is 0.246 e. The molecule has 0 saturated heterocycles. The lowest BCUT2D eigenvalue weighted by molar-refractivity contribution is -0.118. The molecule has 1 fully saturated rings. The van der Waals surface area contributed by atoms with Crippen LogP contribution in [0.2, 0.25) is 0 Å². The van der Waals surface area contributed by atoms with Crippen LogP contribution in [0.1, 0.15) is 59.3 Å². The van der Waals surface area contributed by atoms with Crippen molar-refractivity contribution in [2.24, 2.45) is 5.92 Å². The lowest BCUT2D eigenvalue weighted by atomic mass is 9.83. The van der Waals surface area contributed by atoms with Crippen molar-refractivity contribution in [3.63, 3.8) is 0 Å². The predicted octanol–water partition coefficient (Wildman–Crippen LogP) is 3.43. The minimum atomic E-state index is 0.132. The fraction of sp³-hybridized carbons (Fsp3) is 0.786. The SMILES string of the molecule is CC/C=C(/C)C(=O)NC1CCCCC1CC. The van der Waals surface area contributed by atoms with E-state index < -0.39 is 0 Å². The molecule has 2 nitrogen and oxygen atoms in total. The Bertz CT molecular complexity index is 257. The molecular weight excluding hydrogens is 198 g/mol. The van der Waals surface area contributed by atoms with Crippen LogP contribution in [0.25, 0.3) is 0 Å². The molecule has 0 radical (unpaired) electrons. The second-order valence-electron chi connectivity index (χ2n) is 4.83. The summed E-state index contributed by atoms with van der Waals surface area (Å²) in [5, 5.41) is 3.20. The summed E-state index contributed by atoms with van der Waals surface area (Å²) in [6, 6.07) is 0.409. The molecule has 0 aliphatic heterocycles. The van der Waals surface area contributed by atoms with Crippen molar-refractivity contribution in [2.75, 3.05) is 0 Å². The summed E-state index contributed by atoms with van der Waals surface area (Å²) in [6.07, 6.45) is 9.13. The van der Waals surface area contributed by atoms with Gasteiger partial charge in [-0.2, -0.15) is 0 Å². The zero-order chi connectivity index (χ0) is 12.0. The molecule has 1 saturated carbocycles. The van der Waals surface area contributed by atoms with Crippen LogP contribution in [-0.4, -0.2) is 11.9 Å². The van der Waals surface area contributed by atoms with Gasteiger partial charge < -0.3 is 5.32 Å². The van der Waals surface area contributed by atoms with Gasteiger partial charge in [-0.15, -0.1) is 0 Å². The van der Waals surface area contributed by atoms with Gasteiger partial charge >= 0.3 is 0 Å². The van der Waals surface area contributed by atoms with E-state index in [1.54, 1.807) is 0 Å². The number of rotatable bonds is 4. The fourth-order valence-corrected chi connectivity index (χ4v) is 2.57. The number of hydrogen-bond acceptors (Lipinski definition) is 1. The molecule has 0 aromatic carbocycles. The molecule has 16 heavy (non-hydrogen) atoms. The van der Waals surface area contributed by atoms with Crippen molar-refractivity contribution in [3.05, 3.63) is 11.6 Å². The van der Waals surface area contributed by atoms with E-state index in [2.05, 4.69) is 19.2 Å². The van der Waals surface area contributed by atoms with Crippen LogP contribution in [0, 0.1) is 5.92 Å². The lowest BCUT2D eigenvalue weighted by Gasteiger charge is -2.31. The van der Waals surface area contributed by atoms with Crippen molar-refractivity contribution in [1.29, 1.82) is 0 Å². The van der Waals surface area contributed by atoms with E-state index in [4.69, 9.17) is 0 Å². The zero-order valence-corrected chi connectivity index (χ0v) is 10.9. The summed E-state index contributed by atoms with van der Waals surface area (Å²) in [4.78, 5) is 11.9. The van der Waals surface area contributed by atoms with Gasteiger partial charge in [0.05, 0.1) is 0 Å². The van der Waals surface area contributed by atoms with Gasteiger partial charge in [0.1, 0.15) is 0 Å². The van der Waals surface area contributed by atoms with Gasteiger partial charge in [-0.05, 0) is 32.1 Å². The Labute approximate surface area is 99.5 Å². The lowest BCUT2D eigenvalue weighted by Crippen LogP contribution is -2.42. The number of nitrogens with one attached hydrogen (secondary N) is 1. The van der Waals surface area contributed by atoms with Gasteiger partial charge in [0.15, 0.2) is 0 Å².